The molecule has 4 heteroatoms. The van der Waals surface area contributed by atoms with Crippen LogP contribution < -0.4 is 4.74 Å². The first-order valence-electron chi connectivity index (χ1n) is 8.32. The second-order valence-corrected chi connectivity index (χ2v) is 6.06. The van der Waals surface area contributed by atoms with E-state index in [9.17, 15) is 9.18 Å². The quantitative estimate of drug-likeness (QED) is 0.627. The number of carbonyl (C=O) groups excluding carboxylic acids is 1. The first-order chi connectivity index (χ1) is 12.6. The summed E-state index contributed by atoms with van der Waals surface area (Å²) in [6.07, 6.45) is 3.36. The van der Waals surface area contributed by atoms with Gasteiger partial charge < -0.3 is 9.64 Å². The van der Waals surface area contributed by atoms with Crippen LogP contribution in [-0.4, -0.2) is 25.0 Å². The Labute approximate surface area is 152 Å². The van der Waals surface area contributed by atoms with E-state index in [4.69, 9.17) is 4.74 Å². The molecule has 3 aromatic rings. The molecule has 0 spiro atoms. The molecule has 0 radical (unpaired) electrons. The van der Waals surface area contributed by atoms with Crippen molar-refractivity contribution in [3.05, 3.63) is 83.7 Å². The summed E-state index contributed by atoms with van der Waals surface area (Å²) in [4.78, 5) is 13.9. The van der Waals surface area contributed by atoms with E-state index in [2.05, 4.69) is 0 Å². The first-order valence-corrected chi connectivity index (χ1v) is 8.32. The molecule has 0 saturated carbocycles. The molecule has 0 fully saturated rings. The minimum Gasteiger partial charge on any atom is -0.494 e. The van der Waals surface area contributed by atoms with Crippen molar-refractivity contribution >= 4 is 22.8 Å². The molecule has 26 heavy (non-hydrogen) atoms. The molecule has 1 amide bonds. The van der Waals surface area contributed by atoms with Gasteiger partial charge in [-0.1, -0.05) is 48.5 Å². The molecule has 0 aliphatic heterocycles. The van der Waals surface area contributed by atoms with Crippen LogP contribution in [0.25, 0.3) is 16.8 Å². The van der Waals surface area contributed by atoms with Crippen molar-refractivity contribution in [2.75, 3.05) is 14.2 Å². The normalized spacial score (nSPS) is 11.0. The van der Waals surface area contributed by atoms with Crippen molar-refractivity contribution in [2.45, 2.75) is 6.54 Å². The maximum absolute atomic E-state index is 13.8. The summed E-state index contributed by atoms with van der Waals surface area (Å²) >= 11 is 0. The van der Waals surface area contributed by atoms with Gasteiger partial charge in [0.05, 0.1) is 7.11 Å². The van der Waals surface area contributed by atoms with Crippen molar-refractivity contribution in [1.29, 1.82) is 0 Å². The van der Waals surface area contributed by atoms with E-state index < -0.39 is 5.82 Å². The SMILES string of the molecule is COc1ccc(CN(C)C(=O)/C=C/c2cccc3ccccc23)cc1F. The summed E-state index contributed by atoms with van der Waals surface area (Å²) in [7, 11) is 3.11. The molecule has 0 unspecified atom stereocenters. The Kier molecular flexibility index (Phi) is 5.32. The molecule has 0 saturated heterocycles. The van der Waals surface area contributed by atoms with Crippen LogP contribution in [0.4, 0.5) is 4.39 Å². The lowest BCUT2D eigenvalue weighted by molar-refractivity contribution is -0.125. The monoisotopic (exact) mass is 349 g/mol. The van der Waals surface area contributed by atoms with E-state index >= 15 is 0 Å². The lowest BCUT2D eigenvalue weighted by Crippen LogP contribution is -2.24. The van der Waals surface area contributed by atoms with E-state index in [0.29, 0.717) is 12.1 Å². The van der Waals surface area contributed by atoms with Crippen LogP contribution >= 0.6 is 0 Å². The Morgan fingerprint density at radius 1 is 1.12 bits per heavy atom. The number of halogens is 1. The maximum Gasteiger partial charge on any atom is 0.246 e. The van der Waals surface area contributed by atoms with Crippen LogP contribution in [0.5, 0.6) is 5.75 Å². The number of nitrogens with zero attached hydrogens (tertiary/aromatic N) is 1. The Bertz CT molecular complexity index is 960. The number of hydrogen-bond donors (Lipinski definition) is 0. The molecule has 3 aromatic carbocycles. The molecule has 132 valence electrons. The molecule has 3 nitrogen and oxygen atoms in total. The number of methoxy groups -OCH3 is 1. The Morgan fingerprint density at radius 2 is 1.88 bits per heavy atom. The zero-order valence-corrected chi connectivity index (χ0v) is 14.8. The van der Waals surface area contributed by atoms with Crippen LogP contribution in [-0.2, 0) is 11.3 Å². The van der Waals surface area contributed by atoms with Gasteiger partial charge >= 0.3 is 0 Å². The molecular weight excluding hydrogens is 329 g/mol. The summed E-state index contributed by atoms with van der Waals surface area (Å²) in [5.74, 6) is -0.384. The molecule has 0 heterocycles. The summed E-state index contributed by atoms with van der Waals surface area (Å²) < 4.78 is 18.7. The topological polar surface area (TPSA) is 29.5 Å². The third kappa shape index (κ3) is 3.91. The average molecular weight is 349 g/mol. The summed E-state index contributed by atoms with van der Waals surface area (Å²) in [6, 6.07) is 18.7. The van der Waals surface area contributed by atoms with Crippen molar-refractivity contribution in [2.24, 2.45) is 0 Å². The number of ether oxygens (including phenoxy) is 1. The predicted octanol–water partition coefficient (Wildman–Crippen LogP) is 4.66. The van der Waals surface area contributed by atoms with Gasteiger partial charge in [0.15, 0.2) is 11.6 Å². The Morgan fingerprint density at radius 3 is 2.65 bits per heavy atom. The minimum atomic E-state index is -0.433. The molecule has 0 aliphatic rings. The molecule has 3 rings (SSSR count). The van der Waals surface area contributed by atoms with Gasteiger partial charge in [0.25, 0.3) is 0 Å². The number of benzene rings is 3. The van der Waals surface area contributed by atoms with Crippen LogP contribution in [0.3, 0.4) is 0 Å². The summed E-state index contributed by atoms with van der Waals surface area (Å²) in [5.41, 5.74) is 1.69. The van der Waals surface area contributed by atoms with Crippen molar-refractivity contribution in [3.8, 4) is 5.75 Å². The highest BCUT2D eigenvalue weighted by molar-refractivity contribution is 5.96. The number of rotatable bonds is 5. The average Bonchev–Trinajstić information content (AvgIpc) is 2.66. The fourth-order valence-electron chi connectivity index (χ4n) is 2.84. The summed E-state index contributed by atoms with van der Waals surface area (Å²) in [6.45, 7) is 0.319. The fourth-order valence-corrected chi connectivity index (χ4v) is 2.84. The molecule has 0 bridgehead atoms. The van der Waals surface area contributed by atoms with Gasteiger partial charge in [-0.3, -0.25) is 4.79 Å². The van der Waals surface area contributed by atoms with Crippen molar-refractivity contribution in [1.82, 2.24) is 4.90 Å². The van der Waals surface area contributed by atoms with Gasteiger partial charge in [-0.05, 0) is 40.1 Å². The maximum atomic E-state index is 13.8. The largest absolute Gasteiger partial charge is 0.494 e. The molecule has 0 N–H and O–H groups in total. The minimum absolute atomic E-state index is 0.144. The number of carbonyl (C=O) groups is 1. The molecule has 0 atom stereocenters. The third-order valence-corrected chi connectivity index (χ3v) is 4.24. The molecule has 0 aliphatic carbocycles. The number of likely N-dealkylation sites (N-methyl/N-ethyl adjacent to an activating group) is 1. The van der Waals surface area contributed by atoms with Gasteiger partial charge in [-0.15, -0.1) is 0 Å². The number of fused-ring (bicyclic) bond motifs is 1. The van der Waals surface area contributed by atoms with E-state index in [-0.39, 0.29) is 11.7 Å². The lowest BCUT2D eigenvalue weighted by atomic mass is 10.0. The van der Waals surface area contributed by atoms with E-state index in [1.807, 2.05) is 48.5 Å². The smallest absolute Gasteiger partial charge is 0.246 e. The van der Waals surface area contributed by atoms with E-state index in [0.717, 1.165) is 16.3 Å². The molecule has 0 aromatic heterocycles. The second kappa shape index (κ2) is 7.83. The molecular formula is C22H20FNO2. The van der Waals surface area contributed by atoms with Gasteiger partial charge in [-0.25, -0.2) is 4.39 Å². The van der Waals surface area contributed by atoms with Crippen molar-refractivity contribution in [3.63, 3.8) is 0 Å². The Hall–Kier alpha value is -3.14. The van der Waals surface area contributed by atoms with E-state index in [1.165, 1.54) is 13.2 Å². The second-order valence-electron chi connectivity index (χ2n) is 6.06. The number of amides is 1. The zero-order chi connectivity index (χ0) is 18.5. The zero-order valence-electron chi connectivity index (χ0n) is 14.8. The van der Waals surface area contributed by atoms with Gasteiger partial charge in [0.1, 0.15) is 0 Å². The predicted molar refractivity (Wildman–Crippen MR) is 102 cm³/mol. The van der Waals surface area contributed by atoms with Gasteiger partial charge in [-0.2, -0.15) is 0 Å². The highest BCUT2D eigenvalue weighted by Gasteiger charge is 2.09. The lowest BCUT2D eigenvalue weighted by Gasteiger charge is -2.15. The number of hydrogen-bond acceptors (Lipinski definition) is 2. The van der Waals surface area contributed by atoms with Gasteiger partial charge in [0.2, 0.25) is 5.91 Å². The highest BCUT2D eigenvalue weighted by atomic mass is 19.1. The van der Waals surface area contributed by atoms with Crippen molar-refractivity contribution < 1.29 is 13.9 Å². The van der Waals surface area contributed by atoms with Crippen LogP contribution in [0.2, 0.25) is 0 Å². The van der Waals surface area contributed by atoms with Crippen LogP contribution in [0.1, 0.15) is 11.1 Å². The van der Waals surface area contributed by atoms with E-state index in [1.54, 1.807) is 30.2 Å². The fraction of sp³-hybridized carbons (Fsp3) is 0.136. The van der Waals surface area contributed by atoms with Crippen LogP contribution in [0.15, 0.2) is 66.7 Å². The standard InChI is InChI=1S/C22H20FNO2/c1-24(15-16-10-12-21(26-2)20(23)14-16)22(25)13-11-18-8-5-7-17-6-3-4-9-19(17)18/h3-14H,15H2,1-2H3/b13-11+. The van der Waals surface area contributed by atoms with Gasteiger partial charge in [0, 0.05) is 19.7 Å². The summed E-state index contributed by atoms with van der Waals surface area (Å²) in [5, 5.41) is 2.23. The van der Waals surface area contributed by atoms with Crippen LogP contribution in [0, 0.1) is 5.82 Å². The first kappa shape index (κ1) is 17.7. The Balaban J connectivity index is 1.72. The third-order valence-electron chi connectivity index (χ3n) is 4.24. The highest BCUT2D eigenvalue weighted by Crippen LogP contribution is 2.20.